The van der Waals surface area contributed by atoms with Crippen LogP contribution in [0.4, 0.5) is 10.1 Å². The molecule has 2 aromatic rings. The average Bonchev–Trinajstić information content (AvgIpc) is 2.48. The quantitative estimate of drug-likeness (QED) is 0.782. The molecule has 0 aliphatic heterocycles. The maximum atomic E-state index is 13.6. The van der Waals surface area contributed by atoms with Crippen LogP contribution >= 0.6 is 0 Å². The van der Waals surface area contributed by atoms with Crippen molar-refractivity contribution in [2.24, 2.45) is 0 Å². The van der Waals surface area contributed by atoms with Crippen molar-refractivity contribution in [2.45, 2.75) is 39.7 Å². The first-order chi connectivity index (χ1) is 9.63. The second kappa shape index (κ2) is 6.56. The van der Waals surface area contributed by atoms with Gasteiger partial charge in [-0.25, -0.2) is 4.39 Å². The lowest BCUT2D eigenvalue weighted by molar-refractivity contribution is 0.618. The Bertz CT molecular complexity index is 560. The molecular formula is C18H22FN. The first kappa shape index (κ1) is 14.6. The maximum Gasteiger partial charge on any atom is 0.128 e. The van der Waals surface area contributed by atoms with Crippen molar-refractivity contribution in [1.29, 1.82) is 0 Å². The summed E-state index contributed by atoms with van der Waals surface area (Å²) in [6.07, 6.45) is 2.01. The largest absolute Gasteiger partial charge is 0.378 e. The Balaban J connectivity index is 2.16. The van der Waals surface area contributed by atoms with Gasteiger partial charge in [-0.15, -0.1) is 0 Å². The molecule has 106 valence electrons. The number of nitrogens with one attached hydrogen (secondary N) is 1. The molecule has 2 heteroatoms. The molecular weight excluding hydrogens is 249 g/mol. The molecule has 2 rings (SSSR count). The summed E-state index contributed by atoms with van der Waals surface area (Å²) in [4.78, 5) is 0. The van der Waals surface area contributed by atoms with E-state index in [0.717, 1.165) is 18.5 Å². The van der Waals surface area contributed by atoms with Crippen LogP contribution < -0.4 is 5.32 Å². The zero-order valence-corrected chi connectivity index (χ0v) is 12.4. The molecule has 0 fully saturated rings. The molecule has 0 aliphatic carbocycles. The van der Waals surface area contributed by atoms with Gasteiger partial charge < -0.3 is 5.32 Å². The summed E-state index contributed by atoms with van der Waals surface area (Å²) in [6.45, 7) is 6.06. The molecule has 0 aliphatic rings. The van der Waals surface area contributed by atoms with Crippen molar-refractivity contribution in [3.05, 3.63) is 65.0 Å². The van der Waals surface area contributed by atoms with Gasteiger partial charge in [-0.05, 0) is 48.6 Å². The Hall–Kier alpha value is -1.83. The first-order valence-corrected chi connectivity index (χ1v) is 7.25. The molecule has 1 N–H and O–H groups in total. The Morgan fingerprint density at radius 2 is 1.75 bits per heavy atom. The van der Waals surface area contributed by atoms with Gasteiger partial charge in [-0.1, -0.05) is 44.2 Å². The number of hydrogen-bond donors (Lipinski definition) is 1. The van der Waals surface area contributed by atoms with Gasteiger partial charge in [0.1, 0.15) is 5.82 Å². The van der Waals surface area contributed by atoms with Gasteiger partial charge >= 0.3 is 0 Å². The SMILES string of the molecule is CCc1ccc(C(CC)Nc2ccc(C)c(F)c2)cc1. The fourth-order valence-electron chi connectivity index (χ4n) is 2.29. The lowest BCUT2D eigenvalue weighted by Crippen LogP contribution is -2.10. The predicted molar refractivity (Wildman–Crippen MR) is 83.6 cm³/mol. The second-order valence-electron chi connectivity index (χ2n) is 5.16. The molecule has 1 nitrogen and oxygen atoms in total. The molecule has 0 saturated heterocycles. The van der Waals surface area contributed by atoms with Crippen molar-refractivity contribution in [2.75, 3.05) is 5.32 Å². The monoisotopic (exact) mass is 271 g/mol. The van der Waals surface area contributed by atoms with Crippen molar-refractivity contribution in [1.82, 2.24) is 0 Å². The average molecular weight is 271 g/mol. The Morgan fingerprint density at radius 1 is 1.05 bits per heavy atom. The summed E-state index contributed by atoms with van der Waals surface area (Å²) in [7, 11) is 0. The Kier molecular flexibility index (Phi) is 4.78. The highest BCUT2D eigenvalue weighted by atomic mass is 19.1. The lowest BCUT2D eigenvalue weighted by Gasteiger charge is -2.19. The molecule has 0 spiro atoms. The van der Waals surface area contributed by atoms with Crippen molar-refractivity contribution < 1.29 is 4.39 Å². The summed E-state index contributed by atoms with van der Waals surface area (Å²) >= 11 is 0. The van der Waals surface area contributed by atoms with Gasteiger partial charge in [0.2, 0.25) is 0 Å². The third-order valence-electron chi connectivity index (χ3n) is 3.71. The number of anilines is 1. The summed E-state index contributed by atoms with van der Waals surface area (Å²) in [6, 6.07) is 14.2. The first-order valence-electron chi connectivity index (χ1n) is 7.25. The fraction of sp³-hybridized carbons (Fsp3) is 0.333. The summed E-state index contributed by atoms with van der Waals surface area (Å²) < 4.78 is 13.6. The highest BCUT2D eigenvalue weighted by Crippen LogP contribution is 2.24. The van der Waals surface area contributed by atoms with Crippen LogP contribution in [0.15, 0.2) is 42.5 Å². The smallest absolute Gasteiger partial charge is 0.128 e. The molecule has 0 bridgehead atoms. The molecule has 0 saturated carbocycles. The van der Waals surface area contributed by atoms with E-state index in [1.165, 1.54) is 11.1 Å². The van der Waals surface area contributed by atoms with E-state index in [0.29, 0.717) is 5.56 Å². The topological polar surface area (TPSA) is 12.0 Å². The van der Waals surface area contributed by atoms with Crippen LogP contribution in [0, 0.1) is 12.7 Å². The zero-order valence-electron chi connectivity index (χ0n) is 12.4. The van der Waals surface area contributed by atoms with E-state index in [4.69, 9.17) is 0 Å². The molecule has 0 radical (unpaired) electrons. The fourth-order valence-corrected chi connectivity index (χ4v) is 2.29. The van der Waals surface area contributed by atoms with E-state index in [-0.39, 0.29) is 11.9 Å². The van der Waals surface area contributed by atoms with Gasteiger partial charge in [0.05, 0.1) is 6.04 Å². The van der Waals surface area contributed by atoms with Crippen LogP contribution in [0.1, 0.15) is 43.0 Å². The predicted octanol–water partition coefficient (Wildman–Crippen LogP) is 5.26. The Labute approximate surface area is 120 Å². The molecule has 2 aromatic carbocycles. The van der Waals surface area contributed by atoms with E-state index >= 15 is 0 Å². The number of rotatable bonds is 5. The Morgan fingerprint density at radius 3 is 2.30 bits per heavy atom. The van der Waals surface area contributed by atoms with Crippen LogP contribution in [0.2, 0.25) is 0 Å². The summed E-state index contributed by atoms with van der Waals surface area (Å²) in [5.41, 5.74) is 4.09. The molecule has 1 atom stereocenters. The number of halogens is 1. The second-order valence-corrected chi connectivity index (χ2v) is 5.16. The number of benzene rings is 2. The van der Waals surface area contributed by atoms with Gasteiger partial charge in [0.15, 0.2) is 0 Å². The number of aryl methyl sites for hydroxylation is 2. The van der Waals surface area contributed by atoms with Gasteiger partial charge in [0, 0.05) is 5.69 Å². The minimum Gasteiger partial charge on any atom is -0.378 e. The standard InChI is InChI=1S/C18H22FN/c1-4-14-7-9-15(10-8-14)18(5-2)20-16-11-6-13(3)17(19)12-16/h6-12,18,20H,4-5H2,1-3H3. The maximum absolute atomic E-state index is 13.6. The number of hydrogen-bond acceptors (Lipinski definition) is 1. The van der Waals surface area contributed by atoms with Gasteiger partial charge in [-0.3, -0.25) is 0 Å². The van der Waals surface area contributed by atoms with Gasteiger partial charge in [-0.2, -0.15) is 0 Å². The lowest BCUT2D eigenvalue weighted by atomic mass is 10.0. The zero-order chi connectivity index (χ0) is 14.5. The molecule has 20 heavy (non-hydrogen) atoms. The van der Waals surface area contributed by atoms with Crippen molar-refractivity contribution in [3.63, 3.8) is 0 Å². The summed E-state index contributed by atoms with van der Waals surface area (Å²) in [5, 5.41) is 3.41. The van der Waals surface area contributed by atoms with Crippen molar-refractivity contribution in [3.8, 4) is 0 Å². The van der Waals surface area contributed by atoms with E-state index in [1.54, 1.807) is 13.0 Å². The highest BCUT2D eigenvalue weighted by Gasteiger charge is 2.10. The van der Waals surface area contributed by atoms with E-state index < -0.39 is 0 Å². The van der Waals surface area contributed by atoms with E-state index in [9.17, 15) is 4.39 Å². The van der Waals surface area contributed by atoms with Crippen molar-refractivity contribution >= 4 is 5.69 Å². The van der Waals surface area contributed by atoms with Crippen LogP contribution in [-0.2, 0) is 6.42 Å². The molecule has 1 unspecified atom stereocenters. The minimum absolute atomic E-state index is 0.161. The third kappa shape index (κ3) is 3.38. The van der Waals surface area contributed by atoms with E-state index in [2.05, 4.69) is 43.4 Å². The highest BCUT2D eigenvalue weighted by molar-refractivity contribution is 5.47. The minimum atomic E-state index is -0.161. The van der Waals surface area contributed by atoms with Crippen LogP contribution in [-0.4, -0.2) is 0 Å². The normalized spacial score (nSPS) is 12.2. The van der Waals surface area contributed by atoms with E-state index in [1.807, 2.05) is 12.1 Å². The van der Waals surface area contributed by atoms with Crippen LogP contribution in [0.3, 0.4) is 0 Å². The van der Waals surface area contributed by atoms with Crippen LogP contribution in [0.25, 0.3) is 0 Å². The molecule has 0 aromatic heterocycles. The van der Waals surface area contributed by atoms with Gasteiger partial charge in [0.25, 0.3) is 0 Å². The molecule has 0 amide bonds. The molecule has 0 heterocycles. The summed E-state index contributed by atoms with van der Waals surface area (Å²) in [5.74, 6) is -0.161. The van der Waals surface area contributed by atoms with Crippen LogP contribution in [0.5, 0.6) is 0 Å². The third-order valence-corrected chi connectivity index (χ3v) is 3.71.